The highest BCUT2D eigenvalue weighted by atomic mass is 16.7. The Morgan fingerprint density at radius 3 is 0.918 bits per heavy atom. The number of amides is 1. The number of allylic oxidation sites excluding steroid dienone is 1. The average molecular weight is 1210 g/mol. The highest BCUT2D eigenvalue weighted by molar-refractivity contribution is 5.76. The van der Waals surface area contributed by atoms with Crippen molar-refractivity contribution in [3.8, 4) is 0 Å². The van der Waals surface area contributed by atoms with Crippen LogP contribution in [0.15, 0.2) is 12.2 Å². The smallest absolute Gasteiger partial charge is 0.220 e. The summed E-state index contributed by atoms with van der Waals surface area (Å²) in [6, 6.07) is -0.803. The zero-order chi connectivity index (χ0) is 61.4. The molecule has 0 aromatic rings. The van der Waals surface area contributed by atoms with Crippen LogP contribution in [-0.4, -0.2) is 87.5 Å². The Morgan fingerprint density at radius 1 is 0.388 bits per heavy atom. The van der Waals surface area contributed by atoms with E-state index in [0.29, 0.717) is 6.42 Å². The molecule has 0 aromatic heterocycles. The van der Waals surface area contributed by atoms with Gasteiger partial charge in [-0.2, -0.15) is 0 Å². The molecule has 9 heteroatoms. The topological polar surface area (TPSA) is 149 Å². The van der Waals surface area contributed by atoms with Crippen LogP contribution >= 0.6 is 0 Å². The quantitative estimate of drug-likeness (QED) is 0.0261. The summed E-state index contributed by atoms with van der Waals surface area (Å²) >= 11 is 0. The van der Waals surface area contributed by atoms with Crippen molar-refractivity contribution in [2.24, 2.45) is 0 Å². The predicted octanol–water partition coefficient (Wildman–Crippen LogP) is 21.4. The minimum atomic E-state index is -1.57. The second kappa shape index (κ2) is 65.9. The third-order valence-corrected chi connectivity index (χ3v) is 18.9. The molecular formula is C76H149NO8. The number of aliphatic hydroxyl groups excluding tert-OH is 5. The van der Waals surface area contributed by atoms with Gasteiger partial charge in [0, 0.05) is 6.42 Å². The van der Waals surface area contributed by atoms with E-state index in [-0.39, 0.29) is 12.5 Å². The molecule has 0 bridgehead atoms. The van der Waals surface area contributed by atoms with Crippen LogP contribution < -0.4 is 5.32 Å². The molecule has 0 radical (unpaired) electrons. The maximum absolute atomic E-state index is 13.2. The highest BCUT2D eigenvalue weighted by Crippen LogP contribution is 2.24. The van der Waals surface area contributed by atoms with Crippen molar-refractivity contribution in [3.05, 3.63) is 12.2 Å². The number of nitrogens with one attached hydrogen (secondary N) is 1. The van der Waals surface area contributed by atoms with Gasteiger partial charge in [0.2, 0.25) is 5.91 Å². The van der Waals surface area contributed by atoms with Crippen LogP contribution in [-0.2, 0) is 14.3 Å². The third-order valence-electron chi connectivity index (χ3n) is 18.9. The Hall–Kier alpha value is -1.07. The normalized spacial score (nSPS) is 18.0. The van der Waals surface area contributed by atoms with E-state index in [4.69, 9.17) is 9.47 Å². The van der Waals surface area contributed by atoms with Gasteiger partial charge in [-0.25, -0.2) is 0 Å². The molecule has 7 unspecified atom stereocenters. The van der Waals surface area contributed by atoms with Crippen LogP contribution in [0, 0.1) is 0 Å². The molecule has 85 heavy (non-hydrogen) atoms. The van der Waals surface area contributed by atoms with E-state index in [1.54, 1.807) is 6.08 Å². The first-order valence-electron chi connectivity index (χ1n) is 38.4. The van der Waals surface area contributed by atoms with E-state index in [1.165, 1.54) is 353 Å². The molecule has 1 fully saturated rings. The van der Waals surface area contributed by atoms with Crippen molar-refractivity contribution in [2.45, 2.75) is 455 Å². The lowest BCUT2D eigenvalue weighted by Gasteiger charge is -2.40. The van der Waals surface area contributed by atoms with Crippen molar-refractivity contribution in [2.75, 3.05) is 13.2 Å². The SMILES string of the molecule is CCCCCCCCCCCCCCCCCCCCCCCCCCCCCC/C=C/C(O)C(COC1OC(CO)C(O)C(O)C1O)NC(=O)CCCCCCCCCCCCCCCCCCCCCCCCCCCCCCCCCC. The van der Waals surface area contributed by atoms with Gasteiger partial charge in [0.1, 0.15) is 24.4 Å². The van der Waals surface area contributed by atoms with E-state index in [9.17, 15) is 30.3 Å². The Kier molecular flexibility index (Phi) is 63.5. The monoisotopic (exact) mass is 1200 g/mol. The molecule has 1 amide bonds. The summed E-state index contributed by atoms with van der Waals surface area (Å²) in [5, 5.41) is 54.9. The molecule has 6 N–H and O–H groups in total. The van der Waals surface area contributed by atoms with Gasteiger partial charge >= 0.3 is 0 Å². The summed E-state index contributed by atoms with van der Waals surface area (Å²) in [5.74, 6) is -0.166. The summed E-state index contributed by atoms with van der Waals surface area (Å²) in [5.41, 5.74) is 0. The minimum absolute atomic E-state index is 0.166. The molecule has 1 heterocycles. The number of aliphatic hydroxyl groups is 5. The first-order chi connectivity index (χ1) is 41.8. The molecule has 1 rings (SSSR count). The standard InChI is InChI=1S/C76H149NO8/c1-3-5-7-9-11-13-15-17-19-21-23-25-27-29-31-33-35-36-38-40-42-44-46-48-50-52-54-56-58-60-62-64-66-72(80)77-69(68-84-76-75(83)74(82)73(81)71(67-78)85-76)70(79)65-63-61-59-57-55-53-51-49-47-45-43-41-39-37-34-32-30-28-26-24-22-20-18-16-14-12-10-8-6-4-2/h63,65,69-71,73-76,78-79,81-83H,3-62,64,66-68H2,1-2H3,(H,77,80)/b65-63+. The number of hydrogen-bond donors (Lipinski definition) is 6. The Balaban J connectivity index is 2.08. The Morgan fingerprint density at radius 2 is 0.647 bits per heavy atom. The second-order valence-corrected chi connectivity index (χ2v) is 27.2. The van der Waals surface area contributed by atoms with Gasteiger partial charge in [0.25, 0.3) is 0 Å². The molecule has 0 saturated carbocycles. The van der Waals surface area contributed by atoms with Crippen LogP contribution in [0.25, 0.3) is 0 Å². The van der Waals surface area contributed by atoms with Gasteiger partial charge in [-0.1, -0.05) is 398 Å². The van der Waals surface area contributed by atoms with E-state index >= 15 is 0 Å². The zero-order valence-corrected chi connectivity index (χ0v) is 56.9. The molecule has 1 saturated heterocycles. The molecule has 1 aliphatic rings. The molecule has 7 atom stereocenters. The zero-order valence-electron chi connectivity index (χ0n) is 56.9. The van der Waals surface area contributed by atoms with Crippen LogP contribution in [0.5, 0.6) is 0 Å². The lowest BCUT2D eigenvalue weighted by molar-refractivity contribution is -0.302. The first kappa shape index (κ1) is 81.9. The van der Waals surface area contributed by atoms with E-state index in [2.05, 4.69) is 19.2 Å². The summed E-state index contributed by atoms with van der Waals surface area (Å²) in [4.78, 5) is 13.2. The van der Waals surface area contributed by atoms with Crippen LogP contribution in [0.4, 0.5) is 0 Å². The molecular weight excluding hydrogens is 1050 g/mol. The van der Waals surface area contributed by atoms with Gasteiger partial charge in [0.15, 0.2) is 6.29 Å². The maximum atomic E-state index is 13.2. The summed E-state index contributed by atoms with van der Waals surface area (Å²) in [6.07, 6.45) is 79.2. The molecule has 1 aliphatic heterocycles. The molecule has 0 spiro atoms. The lowest BCUT2D eigenvalue weighted by Crippen LogP contribution is -2.60. The molecule has 0 aromatic carbocycles. The van der Waals surface area contributed by atoms with E-state index in [0.717, 1.165) is 38.5 Å². The van der Waals surface area contributed by atoms with Crippen LogP contribution in [0.2, 0.25) is 0 Å². The van der Waals surface area contributed by atoms with Crippen molar-refractivity contribution in [1.82, 2.24) is 5.32 Å². The highest BCUT2D eigenvalue weighted by Gasteiger charge is 2.44. The number of carbonyl (C=O) groups is 1. The van der Waals surface area contributed by atoms with Crippen molar-refractivity contribution in [1.29, 1.82) is 0 Å². The fraction of sp³-hybridized carbons (Fsp3) is 0.961. The number of carbonyl (C=O) groups excluding carboxylic acids is 1. The fourth-order valence-corrected chi connectivity index (χ4v) is 12.9. The van der Waals surface area contributed by atoms with Crippen molar-refractivity contribution < 1.29 is 39.8 Å². The summed E-state index contributed by atoms with van der Waals surface area (Å²) < 4.78 is 11.3. The summed E-state index contributed by atoms with van der Waals surface area (Å²) in [7, 11) is 0. The molecule has 9 nitrogen and oxygen atoms in total. The van der Waals surface area contributed by atoms with Gasteiger partial charge in [0.05, 0.1) is 25.4 Å². The fourth-order valence-electron chi connectivity index (χ4n) is 12.9. The molecule has 506 valence electrons. The largest absolute Gasteiger partial charge is 0.394 e. The third kappa shape index (κ3) is 54.4. The average Bonchev–Trinajstić information content (AvgIpc) is 3.71. The number of hydrogen-bond acceptors (Lipinski definition) is 8. The van der Waals surface area contributed by atoms with Crippen LogP contribution in [0.3, 0.4) is 0 Å². The van der Waals surface area contributed by atoms with Gasteiger partial charge in [-0.05, 0) is 19.3 Å². The van der Waals surface area contributed by atoms with Gasteiger partial charge in [-0.3, -0.25) is 4.79 Å². The second-order valence-electron chi connectivity index (χ2n) is 27.2. The van der Waals surface area contributed by atoms with Crippen molar-refractivity contribution in [3.63, 3.8) is 0 Å². The van der Waals surface area contributed by atoms with Gasteiger partial charge < -0.3 is 40.3 Å². The lowest BCUT2D eigenvalue weighted by atomic mass is 9.99. The Labute approximate surface area is 528 Å². The number of rotatable bonds is 69. The number of unbranched alkanes of at least 4 members (excludes halogenated alkanes) is 59. The molecule has 0 aliphatic carbocycles. The predicted molar refractivity (Wildman–Crippen MR) is 364 cm³/mol. The Bertz CT molecular complexity index is 1350. The minimum Gasteiger partial charge on any atom is -0.394 e. The first-order valence-corrected chi connectivity index (χ1v) is 38.4. The maximum Gasteiger partial charge on any atom is 0.220 e. The number of ether oxygens (including phenoxy) is 2. The van der Waals surface area contributed by atoms with Gasteiger partial charge in [-0.15, -0.1) is 0 Å². The van der Waals surface area contributed by atoms with Crippen molar-refractivity contribution >= 4 is 5.91 Å². The van der Waals surface area contributed by atoms with E-state index in [1.807, 2.05) is 6.08 Å². The van der Waals surface area contributed by atoms with E-state index < -0.39 is 49.5 Å². The summed E-state index contributed by atoms with van der Waals surface area (Å²) in [6.45, 7) is 3.86. The van der Waals surface area contributed by atoms with Crippen LogP contribution in [0.1, 0.15) is 412 Å².